The first kappa shape index (κ1) is 16.6. The average Bonchev–Trinajstić information content (AvgIpc) is 2.63. The third-order valence-corrected chi connectivity index (χ3v) is 4.67. The van der Waals surface area contributed by atoms with Crippen LogP contribution in [0.25, 0.3) is 0 Å². The Labute approximate surface area is 143 Å². The molecule has 0 bridgehead atoms. The Morgan fingerprint density at radius 1 is 1.25 bits per heavy atom. The minimum absolute atomic E-state index is 0.191. The van der Waals surface area contributed by atoms with Crippen molar-refractivity contribution in [2.75, 3.05) is 6.54 Å². The van der Waals surface area contributed by atoms with Gasteiger partial charge in [0.1, 0.15) is 5.69 Å². The zero-order valence-electron chi connectivity index (χ0n) is 14.1. The standard InChI is InChI=1S/C19H24N4O/c1-15-6-4-5-11-23(15)14-17-8-3-2-7-16(17)12-22-19(24)18-13-20-9-10-21-18/h2-3,7-10,13,15H,4-6,11-12,14H2,1H3,(H,22,24). The second-order valence-electron chi connectivity index (χ2n) is 6.36. The summed E-state index contributed by atoms with van der Waals surface area (Å²) in [4.78, 5) is 22.6. The number of nitrogens with zero attached hydrogens (tertiary/aromatic N) is 3. The van der Waals surface area contributed by atoms with Gasteiger partial charge in [-0.1, -0.05) is 30.7 Å². The number of amides is 1. The molecule has 1 N–H and O–H groups in total. The van der Waals surface area contributed by atoms with E-state index in [2.05, 4.69) is 45.3 Å². The minimum atomic E-state index is -0.191. The van der Waals surface area contributed by atoms with Gasteiger partial charge in [-0.3, -0.25) is 14.7 Å². The van der Waals surface area contributed by atoms with Crippen molar-refractivity contribution in [1.29, 1.82) is 0 Å². The number of nitrogens with one attached hydrogen (secondary N) is 1. The zero-order chi connectivity index (χ0) is 16.8. The Morgan fingerprint density at radius 2 is 2.08 bits per heavy atom. The molecule has 0 radical (unpaired) electrons. The highest BCUT2D eigenvalue weighted by atomic mass is 16.1. The van der Waals surface area contributed by atoms with E-state index in [0.717, 1.165) is 18.7 Å². The molecule has 1 fully saturated rings. The molecule has 2 aromatic rings. The summed E-state index contributed by atoms with van der Waals surface area (Å²) in [6.45, 7) is 4.91. The molecule has 1 aromatic carbocycles. The molecule has 1 aliphatic heterocycles. The molecule has 1 saturated heterocycles. The molecule has 1 amide bonds. The van der Waals surface area contributed by atoms with Crippen LogP contribution in [0.1, 0.15) is 47.8 Å². The lowest BCUT2D eigenvalue weighted by molar-refractivity contribution is 0.0945. The van der Waals surface area contributed by atoms with Crippen LogP contribution in [0.5, 0.6) is 0 Å². The van der Waals surface area contributed by atoms with Crippen LogP contribution in [0, 0.1) is 0 Å². The number of likely N-dealkylation sites (tertiary alicyclic amines) is 1. The van der Waals surface area contributed by atoms with Gasteiger partial charge in [0.2, 0.25) is 0 Å². The molecule has 2 heterocycles. The van der Waals surface area contributed by atoms with E-state index in [0.29, 0.717) is 18.3 Å². The summed E-state index contributed by atoms with van der Waals surface area (Å²) in [7, 11) is 0. The fraction of sp³-hybridized carbons (Fsp3) is 0.421. The maximum absolute atomic E-state index is 12.1. The highest BCUT2D eigenvalue weighted by molar-refractivity contribution is 5.91. The van der Waals surface area contributed by atoms with Crippen LogP contribution in [0.2, 0.25) is 0 Å². The number of rotatable bonds is 5. The Morgan fingerprint density at radius 3 is 2.83 bits per heavy atom. The van der Waals surface area contributed by atoms with E-state index in [1.807, 2.05) is 6.07 Å². The van der Waals surface area contributed by atoms with E-state index in [1.165, 1.54) is 37.2 Å². The van der Waals surface area contributed by atoms with Gasteiger partial charge < -0.3 is 5.32 Å². The lowest BCUT2D eigenvalue weighted by Gasteiger charge is -2.33. The molecule has 0 aliphatic carbocycles. The topological polar surface area (TPSA) is 58.1 Å². The van der Waals surface area contributed by atoms with E-state index < -0.39 is 0 Å². The van der Waals surface area contributed by atoms with Crippen LogP contribution in [-0.4, -0.2) is 33.4 Å². The lowest BCUT2D eigenvalue weighted by Crippen LogP contribution is -2.37. The largest absolute Gasteiger partial charge is 0.347 e. The molecular weight excluding hydrogens is 300 g/mol. The van der Waals surface area contributed by atoms with Gasteiger partial charge in [-0.05, 0) is 37.4 Å². The van der Waals surface area contributed by atoms with Gasteiger partial charge in [0.25, 0.3) is 5.91 Å². The van der Waals surface area contributed by atoms with Crippen LogP contribution in [0.15, 0.2) is 42.9 Å². The molecule has 1 aliphatic rings. The van der Waals surface area contributed by atoms with Crippen molar-refractivity contribution in [3.63, 3.8) is 0 Å². The summed E-state index contributed by atoms with van der Waals surface area (Å²) in [5.41, 5.74) is 2.79. The molecule has 1 atom stereocenters. The molecule has 24 heavy (non-hydrogen) atoms. The zero-order valence-corrected chi connectivity index (χ0v) is 14.1. The second-order valence-corrected chi connectivity index (χ2v) is 6.36. The Balaban J connectivity index is 1.64. The van der Waals surface area contributed by atoms with Crippen molar-refractivity contribution < 1.29 is 4.79 Å². The van der Waals surface area contributed by atoms with Gasteiger partial charge in [0, 0.05) is 31.5 Å². The molecule has 1 unspecified atom stereocenters. The van der Waals surface area contributed by atoms with Crippen LogP contribution in [0.3, 0.4) is 0 Å². The van der Waals surface area contributed by atoms with E-state index in [-0.39, 0.29) is 5.91 Å². The van der Waals surface area contributed by atoms with Crippen LogP contribution >= 0.6 is 0 Å². The van der Waals surface area contributed by atoms with Gasteiger partial charge >= 0.3 is 0 Å². The van der Waals surface area contributed by atoms with Crippen molar-refractivity contribution in [3.8, 4) is 0 Å². The Kier molecular flexibility index (Phi) is 5.54. The summed E-state index contributed by atoms with van der Waals surface area (Å²) in [6, 6.07) is 8.96. The fourth-order valence-corrected chi connectivity index (χ4v) is 3.18. The van der Waals surface area contributed by atoms with E-state index in [1.54, 1.807) is 6.20 Å². The first-order chi connectivity index (χ1) is 11.7. The predicted molar refractivity (Wildman–Crippen MR) is 93.4 cm³/mol. The Bertz CT molecular complexity index is 674. The summed E-state index contributed by atoms with van der Waals surface area (Å²) >= 11 is 0. The predicted octanol–water partition coefficient (Wildman–Crippen LogP) is 2.78. The average molecular weight is 324 g/mol. The van der Waals surface area contributed by atoms with Crippen LogP contribution in [-0.2, 0) is 13.1 Å². The van der Waals surface area contributed by atoms with Gasteiger partial charge in [0.15, 0.2) is 0 Å². The summed E-state index contributed by atoms with van der Waals surface area (Å²) in [6.07, 6.45) is 8.44. The summed E-state index contributed by atoms with van der Waals surface area (Å²) in [5.74, 6) is -0.191. The SMILES string of the molecule is CC1CCCCN1Cc1ccccc1CNC(=O)c1cnccn1. The highest BCUT2D eigenvalue weighted by Crippen LogP contribution is 2.20. The molecular formula is C19H24N4O. The van der Waals surface area contributed by atoms with Crippen LogP contribution < -0.4 is 5.32 Å². The number of hydrogen-bond acceptors (Lipinski definition) is 4. The number of hydrogen-bond donors (Lipinski definition) is 1. The molecule has 5 nitrogen and oxygen atoms in total. The molecule has 0 spiro atoms. The fourth-order valence-electron chi connectivity index (χ4n) is 3.18. The summed E-state index contributed by atoms with van der Waals surface area (Å²) in [5, 5.41) is 2.94. The molecule has 1 aromatic heterocycles. The first-order valence-electron chi connectivity index (χ1n) is 8.59. The Hall–Kier alpha value is -2.27. The van der Waals surface area contributed by atoms with Crippen molar-refractivity contribution in [1.82, 2.24) is 20.2 Å². The van der Waals surface area contributed by atoms with E-state index in [9.17, 15) is 4.79 Å². The normalized spacial score (nSPS) is 18.3. The minimum Gasteiger partial charge on any atom is -0.347 e. The number of carbonyl (C=O) groups excluding carboxylic acids is 1. The van der Waals surface area contributed by atoms with E-state index in [4.69, 9.17) is 0 Å². The monoisotopic (exact) mass is 324 g/mol. The molecule has 3 rings (SSSR count). The third kappa shape index (κ3) is 4.17. The van der Waals surface area contributed by atoms with Crippen molar-refractivity contribution in [2.24, 2.45) is 0 Å². The first-order valence-corrected chi connectivity index (χ1v) is 8.59. The third-order valence-electron chi connectivity index (χ3n) is 4.67. The maximum Gasteiger partial charge on any atom is 0.271 e. The van der Waals surface area contributed by atoms with Crippen molar-refractivity contribution >= 4 is 5.91 Å². The molecule has 0 saturated carbocycles. The van der Waals surface area contributed by atoms with E-state index >= 15 is 0 Å². The molecule has 126 valence electrons. The van der Waals surface area contributed by atoms with Crippen LogP contribution in [0.4, 0.5) is 0 Å². The number of benzene rings is 1. The van der Waals surface area contributed by atoms with Gasteiger partial charge in [-0.25, -0.2) is 4.98 Å². The number of aromatic nitrogens is 2. The highest BCUT2D eigenvalue weighted by Gasteiger charge is 2.19. The second kappa shape index (κ2) is 8.02. The van der Waals surface area contributed by atoms with Gasteiger partial charge in [-0.2, -0.15) is 0 Å². The van der Waals surface area contributed by atoms with Crippen molar-refractivity contribution in [2.45, 2.75) is 45.3 Å². The number of carbonyl (C=O) groups is 1. The maximum atomic E-state index is 12.1. The summed E-state index contributed by atoms with van der Waals surface area (Å²) < 4.78 is 0. The molecule has 5 heteroatoms. The smallest absolute Gasteiger partial charge is 0.271 e. The van der Waals surface area contributed by atoms with Gasteiger partial charge in [0.05, 0.1) is 6.20 Å². The van der Waals surface area contributed by atoms with Gasteiger partial charge in [-0.15, -0.1) is 0 Å². The quantitative estimate of drug-likeness (QED) is 0.919. The lowest BCUT2D eigenvalue weighted by atomic mass is 10.0. The number of piperidine rings is 1. The van der Waals surface area contributed by atoms with Crippen molar-refractivity contribution in [3.05, 3.63) is 59.7 Å².